The maximum absolute atomic E-state index is 9.40. The molecule has 3 nitrogen and oxygen atoms in total. The third-order valence-corrected chi connectivity index (χ3v) is 1.91. The second-order valence-electron chi connectivity index (χ2n) is 3.20. The molecule has 0 rings (SSSR count). The maximum Gasteiger partial charge on any atom is 0.0586 e. The van der Waals surface area contributed by atoms with E-state index in [1.165, 1.54) is 0 Å². The van der Waals surface area contributed by atoms with Crippen LogP contribution in [0.4, 0.5) is 0 Å². The van der Waals surface area contributed by atoms with Crippen LogP contribution in [0.2, 0.25) is 0 Å². The van der Waals surface area contributed by atoms with E-state index >= 15 is 0 Å². The Hall–Kier alpha value is -0.380. The highest BCUT2D eigenvalue weighted by Crippen LogP contribution is 2.07. The normalized spacial score (nSPS) is 16.3. The number of aliphatic hydroxyl groups is 3. The third kappa shape index (κ3) is 7.96. The molecule has 0 aliphatic heterocycles. The lowest BCUT2D eigenvalue weighted by molar-refractivity contribution is 0.0608. The SMILES string of the molecule is C/C=C/CC[C@H](O)C[C@@H](O)CCO. The Balaban J connectivity index is 3.43. The lowest BCUT2D eigenvalue weighted by Crippen LogP contribution is -2.18. The van der Waals surface area contributed by atoms with Crippen molar-refractivity contribution >= 4 is 0 Å². The predicted molar refractivity (Wildman–Crippen MR) is 52.4 cm³/mol. The molecule has 0 saturated heterocycles. The third-order valence-electron chi connectivity index (χ3n) is 1.91. The summed E-state index contributed by atoms with van der Waals surface area (Å²) in [5.74, 6) is 0. The summed E-state index contributed by atoms with van der Waals surface area (Å²) in [6.07, 6.45) is 5.11. The molecule has 0 spiro atoms. The van der Waals surface area contributed by atoms with Crippen molar-refractivity contribution in [3.05, 3.63) is 12.2 Å². The minimum atomic E-state index is -0.578. The van der Waals surface area contributed by atoms with E-state index in [2.05, 4.69) is 0 Å². The molecule has 0 amide bonds. The molecular formula is C10H20O3. The van der Waals surface area contributed by atoms with Gasteiger partial charge in [0.2, 0.25) is 0 Å². The first-order valence-corrected chi connectivity index (χ1v) is 4.78. The van der Waals surface area contributed by atoms with Crippen LogP contribution in [-0.4, -0.2) is 34.1 Å². The van der Waals surface area contributed by atoms with Crippen LogP contribution in [-0.2, 0) is 0 Å². The van der Waals surface area contributed by atoms with Crippen LogP contribution >= 0.6 is 0 Å². The first kappa shape index (κ1) is 12.6. The Morgan fingerprint density at radius 2 is 1.77 bits per heavy atom. The molecule has 3 heteroatoms. The molecule has 0 saturated carbocycles. The van der Waals surface area contributed by atoms with Crippen LogP contribution in [0.1, 0.15) is 32.6 Å². The second kappa shape index (κ2) is 8.23. The van der Waals surface area contributed by atoms with E-state index in [-0.39, 0.29) is 6.61 Å². The van der Waals surface area contributed by atoms with Crippen molar-refractivity contribution in [2.45, 2.75) is 44.8 Å². The van der Waals surface area contributed by atoms with E-state index in [4.69, 9.17) is 5.11 Å². The van der Waals surface area contributed by atoms with E-state index in [0.29, 0.717) is 19.3 Å². The molecule has 0 fully saturated rings. The Labute approximate surface area is 79.7 Å². The van der Waals surface area contributed by atoms with Crippen LogP contribution in [0.25, 0.3) is 0 Å². The molecule has 0 aromatic rings. The molecule has 0 heterocycles. The van der Waals surface area contributed by atoms with E-state index < -0.39 is 12.2 Å². The zero-order valence-electron chi connectivity index (χ0n) is 8.19. The van der Waals surface area contributed by atoms with Crippen molar-refractivity contribution in [1.82, 2.24) is 0 Å². The summed E-state index contributed by atoms with van der Waals surface area (Å²) in [6.45, 7) is 1.91. The molecule has 0 aromatic carbocycles. The molecule has 0 aliphatic carbocycles. The number of hydrogen-bond acceptors (Lipinski definition) is 3. The highest BCUT2D eigenvalue weighted by atomic mass is 16.3. The molecule has 13 heavy (non-hydrogen) atoms. The average Bonchev–Trinajstić information content (AvgIpc) is 2.05. The van der Waals surface area contributed by atoms with Gasteiger partial charge in [-0.1, -0.05) is 12.2 Å². The van der Waals surface area contributed by atoms with Crippen molar-refractivity contribution in [3.8, 4) is 0 Å². The molecule has 0 aliphatic rings. The fourth-order valence-electron chi connectivity index (χ4n) is 1.15. The minimum Gasteiger partial charge on any atom is -0.396 e. The van der Waals surface area contributed by atoms with Gasteiger partial charge in [0.05, 0.1) is 12.2 Å². The van der Waals surface area contributed by atoms with E-state index in [1.807, 2.05) is 19.1 Å². The van der Waals surface area contributed by atoms with Crippen molar-refractivity contribution in [2.24, 2.45) is 0 Å². The predicted octanol–water partition coefficient (Wildman–Crippen LogP) is 0.837. The van der Waals surface area contributed by atoms with Gasteiger partial charge in [-0.25, -0.2) is 0 Å². The zero-order chi connectivity index (χ0) is 10.1. The monoisotopic (exact) mass is 188 g/mol. The largest absolute Gasteiger partial charge is 0.396 e. The smallest absolute Gasteiger partial charge is 0.0586 e. The lowest BCUT2D eigenvalue weighted by atomic mass is 10.1. The number of hydrogen-bond donors (Lipinski definition) is 3. The van der Waals surface area contributed by atoms with E-state index in [9.17, 15) is 10.2 Å². The summed E-state index contributed by atoms with van der Waals surface area (Å²) in [4.78, 5) is 0. The number of rotatable bonds is 7. The number of allylic oxidation sites excluding steroid dienone is 2. The lowest BCUT2D eigenvalue weighted by Gasteiger charge is -2.13. The van der Waals surface area contributed by atoms with Gasteiger partial charge >= 0.3 is 0 Å². The summed E-state index contributed by atoms with van der Waals surface area (Å²) < 4.78 is 0. The fraction of sp³-hybridized carbons (Fsp3) is 0.800. The molecule has 0 aromatic heterocycles. The van der Waals surface area contributed by atoms with Gasteiger partial charge in [0, 0.05) is 6.61 Å². The maximum atomic E-state index is 9.40. The quantitative estimate of drug-likeness (QED) is 0.519. The standard InChI is InChI=1S/C10H20O3/c1-2-3-4-5-9(12)8-10(13)6-7-11/h2-3,9-13H,4-8H2,1H3/b3-2+/t9-,10-/m0/s1. The molecule has 2 atom stereocenters. The fourth-order valence-corrected chi connectivity index (χ4v) is 1.15. The van der Waals surface area contributed by atoms with Crippen LogP contribution in [0.15, 0.2) is 12.2 Å². The topological polar surface area (TPSA) is 60.7 Å². The molecule has 0 unspecified atom stereocenters. The number of aliphatic hydroxyl groups excluding tert-OH is 3. The minimum absolute atomic E-state index is 0.0251. The molecule has 78 valence electrons. The summed E-state index contributed by atoms with van der Waals surface area (Å²) in [5.41, 5.74) is 0. The zero-order valence-corrected chi connectivity index (χ0v) is 8.19. The molecular weight excluding hydrogens is 168 g/mol. The van der Waals surface area contributed by atoms with E-state index in [0.717, 1.165) is 6.42 Å². The van der Waals surface area contributed by atoms with Crippen molar-refractivity contribution in [2.75, 3.05) is 6.61 Å². The van der Waals surface area contributed by atoms with Gasteiger partial charge in [0.1, 0.15) is 0 Å². The van der Waals surface area contributed by atoms with Gasteiger partial charge in [-0.15, -0.1) is 0 Å². The first-order valence-electron chi connectivity index (χ1n) is 4.78. The summed E-state index contributed by atoms with van der Waals surface area (Å²) in [5, 5.41) is 27.1. The molecule has 3 N–H and O–H groups in total. The highest BCUT2D eigenvalue weighted by molar-refractivity contribution is 4.78. The summed E-state index contributed by atoms with van der Waals surface area (Å²) in [6, 6.07) is 0. The van der Waals surface area contributed by atoms with E-state index in [1.54, 1.807) is 0 Å². The van der Waals surface area contributed by atoms with Crippen LogP contribution in [0.3, 0.4) is 0 Å². The molecule has 0 bridgehead atoms. The van der Waals surface area contributed by atoms with Crippen molar-refractivity contribution in [1.29, 1.82) is 0 Å². The van der Waals surface area contributed by atoms with Gasteiger partial charge in [0.15, 0.2) is 0 Å². The van der Waals surface area contributed by atoms with Gasteiger partial charge < -0.3 is 15.3 Å². The summed E-state index contributed by atoms with van der Waals surface area (Å²) >= 11 is 0. The average molecular weight is 188 g/mol. The summed E-state index contributed by atoms with van der Waals surface area (Å²) in [7, 11) is 0. The van der Waals surface area contributed by atoms with Crippen LogP contribution < -0.4 is 0 Å². The van der Waals surface area contributed by atoms with Gasteiger partial charge in [-0.2, -0.15) is 0 Å². The highest BCUT2D eigenvalue weighted by Gasteiger charge is 2.10. The van der Waals surface area contributed by atoms with Crippen molar-refractivity contribution in [3.63, 3.8) is 0 Å². The Morgan fingerprint density at radius 1 is 1.15 bits per heavy atom. The van der Waals surface area contributed by atoms with Gasteiger partial charge in [-0.3, -0.25) is 0 Å². The van der Waals surface area contributed by atoms with Gasteiger partial charge in [0.25, 0.3) is 0 Å². The van der Waals surface area contributed by atoms with Crippen LogP contribution in [0.5, 0.6) is 0 Å². The van der Waals surface area contributed by atoms with Crippen molar-refractivity contribution < 1.29 is 15.3 Å². The molecule has 0 radical (unpaired) electrons. The Kier molecular flexibility index (Phi) is 7.99. The first-order chi connectivity index (χ1) is 6.20. The Bertz CT molecular complexity index is 134. The second-order valence-corrected chi connectivity index (χ2v) is 3.20. The van der Waals surface area contributed by atoms with Gasteiger partial charge in [-0.05, 0) is 32.6 Å². The Morgan fingerprint density at radius 3 is 2.31 bits per heavy atom. The van der Waals surface area contributed by atoms with Crippen LogP contribution in [0, 0.1) is 0 Å².